The number of rotatable bonds is 7. The lowest BCUT2D eigenvalue weighted by molar-refractivity contribution is -0.141. The summed E-state index contributed by atoms with van der Waals surface area (Å²) in [4.78, 5) is 11.3. The molecule has 114 valence electrons. The van der Waals surface area contributed by atoms with Crippen LogP contribution in [0.2, 0.25) is 0 Å². The van der Waals surface area contributed by atoms with Crippen molar-refractivity contribution in [1.82, 2.24) is 0 Å². The van der Waals surface area contributed by atoms with E-state index in [0.717, 1.165) is 32.1 Å². The van der Waals surface area contributed by atoms with Crippen LogP contribution in [0.15, 0.2) is 12.2 Å². The van der Waals surface area contributed by atoms with E-state index in [1.807, 2.05) is 13.0 Å². The van der Waals surface area contributed by atoms with Gasteiger partial charge in [0.15, 0.2) is 0 Å². The molecule has 1 heterocycles. The number of unbranched alkanes of at least 4 members (excludes halogenated alkanes) is 2. The van der Waals surface area contributed by atoms with Gasteiger partial charge in [-0.25, -0.2) is 0 Å². The minimum Gasteiger partial charge on any atom is -0.462 e. The number of carbonyl (C=O) groups is 1. The van der Waals surface area contributed by atoms with Crippen LogP contribution in [0.5, 0.6) is 0 Å². The molecule has 4 atom stereocenters. The van der Waals surface area contributed by atoms with E-state index in [2.05, 4.69) is 13.0 Å². The standard InChI is InChI=1S/C17H28O3/c1-3-5-6-10-17(19,4-2)11-9-13-7-8-15-14(13)12-16(18)20-15/h9,11,13-15,19H,3-8,10,12H2,1-2H3/b11-9+/t13?,14-,15+,17?/m1/s1. The van der Waals surface area contributed by atoms with Gasteiger partial charge < -0.3 is 9.84 Å². The zero-order chi connectivity index (χ0) is 14.6. The third-order valence-corrected chi connectivity index (χ3v) is 4.98. The van der Waals surface area contributed by atoms with Crippen molar-refractivity contribution in [1.29, 1.82) is 0 Å². The fraction of sp³-hybridized carbons (Fsp3) is 0.824. The summed E-state index contributed by atoms with van der Waals surface area (Å²) >= 11 is 0. The first kappa shape index (κ1) is 15.6. The molecule has 0 amide bonds. The second-order valence-electron chi connectivity index (χ2n) is 6.41. The van der Waals surface area contributed by atoms with E-state index in [1.54, 1.807) is 0 Å². The molecular weight excluding hydrogens is 252 g/mol. The predicted octanol–water partition coefficient (Wildman–Crippen LogP) is 3.61. The monoisotopic (exact) mass is 280 g/mol. The van der Waals surface area contributed by atoms with E-state index in [0.29, 0.717) is 18.3 Å². The van der Waals surface area contributed by atoms with Crippen LogP contribution in [-0.2, 0) is 9.53 Å². The molecule has 1 saturated carbocycles. The molecule has 0 aromatic rings. The lowest BCUT2D eigenvalue weighted by Gasteiger charge is -2.24. The van der Waals surface area contributed by atoms with E-state index in [-0.39, 0.29) is 12.1 Å². The Kier molecular flexibility index (Phi) is 5.25. The van der Waals surface area contributed by atoms with E-state index in [9.17, 15) is 9.90 Å². The van der Waals surface area contributed by atoms with Crippen molar-refractivity contribution in [3.63, 3.8) is 0 Å². The lowest BCUT2D eigenvalue weighted by Crippen LogP contribution is -2.25. The fourth-order valence-electron chi connectivity index (χ4n) is 3.50. The van der Waals surface area contributed by atoms with Gasteiger partial charge in [0.25, 0.3) is 0 Å². The third-order valence-electron chi connectivity index (χ3n) is 4.98. The van der Waals surface area contributed by atoms with Crippen molar-refractivity contribution < 1.29 is 14.6 Å². The molecular formula is C17H28O3. The second-order valence-corrected chi connectivity index (χ2v) is 6.41. The van der Waals surface area contributed by atoms with Gasteiger partial charge in [0.05, 0.1) is 12.0 Å². The summed E-state index contributed by atoms with van der Waals surface area (Å²) in [6.07, 6.45) is 11.9. The van der Waals surface area contributed by atoms with Gasteiger partial charge in [-0.3, -0.25) is 4.79 Å². The number of allylic oxidation sites excluding steroid dienone is 1. The normalized spacial score (nSPS) is 32.4. The van der Waals surface area contributed by atoms with E-state index in [4.69, 9.17) is 4.74 Å². The predicted molar refractivity (Wildman–Crippen MR) is 79.2 cm³/mol. The van der Waals surface area contributed by atoms with Gasteiger partial charge in [0, 0.05) is 5.92 Å². The van der Waals surface area contributed by atoms with Crippen molar-refractivity contribution in [2.45, 2.75) is 76.9 Å². The molecule has 20 heavy (non-hydrogen) atoms. The fourth-order valence-corrected chi connectivity index (χ4v) is 3.50. The zero-order valence-electron chi connectivity index (χ0n) is 12.8. The highest BCUT2D eigenvalue weighted by atomic mass is 16.5. The third kappa shape index (κ3) is 3.63. The van der Waals surface area contributed by atoms with Crippen molar-refractivity contribution in [3.05, 3.63) is 12.2 Å². The van der Waals surface area contributed by atoms with Gasteiger partial charge in [-0.05, 0) is 31.6 Å². The Morgan fingerprint density at radius 2 is 2.15 bits per heavy atom. The molecule has 1 aliphatic heterocycles. The molecule has 0 bridgehead atoms. The van der Waals surface area contributed by atoms with E-state index >= 15 is 0 Å². The number of fused-ring (bicyclic) bond motifs is 1. The van der Waals surface area contributed by atoms with Crippen molar-refractivity contribution in [3.8, 4) is 0 Å². The molecule has 2 rings (SSSR count). The zero-order valence-corrected chi connectivity index (χ0v) is 12.8. The molecule has 3 nitrogen and oxygen atoms in total. The Morgan fingerprint density at radius 3 is 2.85 bits per heavy atom. The largest absolute Gasteiger partial charge is 0.462 e. The highest BCUT2D eigenvalue weighted by Gasteiger charge is 2.43. The summed E-state index contributed by atoms with van der Waals surface area (Å²) in [5.41, 5.74) is -0.670. The molecule has 3 heteroatoms. The van der Waals surface area contributed by atoms with Gasteiger partial charge >= 0.3 is 5.97 Å². The van der Waals surface area contributed by atoms with Crippen LogP contribution >= 0.6 is 0 Å². The topological polar surface area (TPSA) is 46.5 Å². The number of ether oxygens (including phenoxy) is 1. The first-order chi connectivity index (χ1) is 9.58. The van der Waals surface area contributed by atoms with Crippen LogP contribution in [-0.4, -0.2) is 22.8 Å². The van der Waals surface area contributed by atoms with E-state index in [1.165, 1.54) is 12.8 Å². The summed E-state index contributed by atoms with van der Waals surface area (Å²) in [5.74, 6) is 0.693. The van der Waals surface area contributed by atoms with Gasteiger partial charge in [-0.1, -0.05) is 45.3 Å². The van der Waals surface area contributed by atoms with Crippen molar-refractivity contribution in [2.24, 2.45) is 11.8 Å². The Labute approximate surface area is 122 Å². The molecule has 0 aromatic carbocycles. The molecule has 0 aromatic heterocycles. The minimum atomic E-state index is -0.670. The summed E-state index contributed by atoms with van der Waals surface area (Å²) in [5, 5.41) is 10.6. The maximum atomic E-state index is 11.3. The van der Waals surface area contributed by atoms with Crippen LogP contribution in [0.3, 0.4) is 0 Å². The average Bonchev–Trinajstić information content (AvgIpc) is 2.96. The molecule has 2 aliphatic rings. The quantitative estimate of drug-likeness (QED) is 0.440. The number of carbonyl (C=O) groups excluding carboxylic acids is 1. The molecule has 0 spiro atoms. The SMILES string of the molecule is CCCCCC(O)(/C=C/C1CC[C@@H]2OC(=O)C[C@H]12)CC. The minimum absolute atomic E-state index is 0.0493. The molecule has 0 radical (unpaired) electrons. The van der Waals surface area contributed by atoms with Gasteiger partial charge in [0.2, 0.25) is 0 Å². The highest BCUT2D eigenvalue weighted by Crippen LogP contribution is 2.42. The maximum absolute atomic E-state index is 11.3. The molecule has 1 N–H and O–H groups in total. The molecule has 1 saturated heterocycles. The molecule has 1 aliphatic carbocycles. The van der Waals surface area contributed by atoms with Crippen LogP contribution < -0.4 is 0 Å². The van der Waals surface area contributed by atoms with Crippen LogP contribution in [0.4, 0.5) is 0 Å². The number of hydrogen-bond donors (Lipinski definition) is 1. The summed E-state index contributed by atoms with van der Waals surface area (Å²) in [6.45, 7) is 4.21. The molecule has 2 unspecified atom stereocenters. The maximum Gasteiger partial charge on any atom is 0.306 e. The van der Waals surface area contributed by atoms with Gasteiger partial charge in [0.1, 0.15) is 6.10 Å². The van der Waals surface area contributed by atoms with Crippen LogP contribution in [0.25, 0.3) is 0 Å². The summed E-state index contributed by atoms with van der Waals surface area (Å²) < 4.78 is 5.32. The van der Waals surface area contributed by atoms with E-state index < -0.39 is 5.60 Å². The summed E-state index contributed by atoms with van der Waals surface area (Å²) in [6, 6.07) is 0. The molecule has 2 fully saturated rings. The second kappa shape index (κ2) is 6.75. The Balaban J connectivity index is 1.91. The highest BCUT2D eigenvalue weighted by molar-refractivity contribution is 5.72. The lowest BCUT2D eigenvalue weighted by atomic mass is 9.88. The average molecular weight is 280 g/mol. The van der Waals surface area contributed by atoms with Crippen LogP contribution in [0.1, 0.15) is 65.2 Å². The number of esters is 1. The van der Waals surface area contributed by atoms with Gasteiger partial charge in [-0.2, -0.15) is 0 Å². The number of hydrogen-bond acceptors (Lipinski definition) is 3. The Morgan fingerprint density at radius 1 is 1.35 bits per heavy atom. The Hall–Kier alpha value is -0.830. The first-order valence-corrected chi connectivity index (χ1v) is 8.19. The smallest absolute Gasteiger partial charge is 0.306 e. The van der Waals surface area contributed by atoms with Crippen molar-refractivity contribution in [2.75, 3.05) is 0 Å². The van der Waals surface area contributed by atoms with Crippen molar-refractivity contribution >= 4 is 5.97 Å². The first-order valence-electron chi connectivity index (χ1n) is 8.19. The van der Waals surface area contributed by atoms with Crippen LogP contribution in [0, 0.1) is 11.8 Å². The summed E-state index contributed by atoms with van der Waals surface area (Å²) in [7, 11) is 0. The van der Waals surface area contributed by atoms with Gasteiger partial charge in [-0.15, -0.1) is 0 Å². The Bertz CT molecular complexity index is 363. The number of aliphatic hydroxyl groups is 1.